The summed E-state index contributed by atoms with van der Waals surface area (Å²) in [7, 11) is 0. The van der Waals surface area contributed by atoms with Gasteiger partial charge in [-0.15, -0.1) is 5.10 Å². The molecule has 5 nitrogen and oxygen atoms in total. The Hall–Kier alpha value is -0.970. The number of hydrogen-bond donors (Lipinski definition) is 1. The second-order valence-electron chi connectivity index (χ2n) is 4.84. The minimum Gasteiger partial charge on any atom is -0.310 e. The Morgan fingerprint density at radius 3 is 2.87 bits per heavy atom. The molecule has 1 saturated carbocycles. The molecule has 2 unspecified atom stereocenters. The Bertz CT molecular complexity index is 319. The fourth-order valence-corrected chi connectivity index (χ4v) is 1.70. The average Bonchev–Trinajstić information content (AvgIpc) is 2.73. The lowest BCUT2D eigenvalue weighted by Gasteiger charge is -2.07. The molecule has 0 radical (unpaired) electrons. The van der Waals surface area contributed by atoms with Gasteiger partial charge in [-0.2, -0.15) is 0 Å². The lowest BCUT2D eigenvalue weighted by atomic mass is 10.2. The maximum Gasteiger partial charge on any atom is 0.165 e. The van der Waals surface area contributed by atoms with E-state index in [1.54, 1.807) is 0 Å². The third-order valence-corrected chi connectivity index (χ3v) is 2.78. The molecule has 1 heterocycles. The molecule has 15 heavy (non-hydrogen) atoms. The first-order chi connectivity index (χ1) is 7.18. The number of aromatic nitrogens is 4. The number of rotatable bonds is 5. The first-order valence-electron chi connectivity index (χ1n) is 5.66. The van der Waals surface area contributed by atoms with Crippen LogP contribution in [0.5, 0.6) is 0 Å². The number of nitrogens with zero attached hydrogens (tertiary/aromatic N) is 4. The van der Waals surface area contributed by atoms with E-state index in [1.165, 1.54) is 6.42 Å². The molecule has 1 fully saturated rings. The van der Waals surface area contributed by atoms with E-state index in [1.807, 2.05) is 4.68 Å². The number of tetrazole rings is 1. The average molecular weight is 209 g/mol. The second-order valence-corrected chi connectivity index (χ2v) is 4.84. The largest absolute Gasteiger partial charge is 0.310 e. The van der Waals surface area contributed by atoms with Crippen LogP contribution in [-0.4, -0.2) is 26.8 Å². The summed E-state index contributed by atoms with van der Waals surface area (Å²) in [5, 5.41) is 15.2. The van der Waals surface area contributed by atoms with E-state index in [9.17, 15) is 0 Å². The van der Waals surface area contributed by atoms with Crippen molar-refractivity contribution in [1.29, 1.82) is 0 Å². The molecular formula is C10H19N5. The predicted octanol–water partition coefficient (Wildman–Crippen LogP) is 1.000. The zero-order valence-corrected chi connectivity index (χ0v) is 9.64. The molecule has 1 aliphatic rings. The number of hydrogen-bond acceptors (Lipinski definition) is 4. The molecule has 1 aromatic rings. The van der Waals surface area contributed by atoms with E-state index >= 15 is 0 Å². The SMILES string of the molecule is CC(C)CNCc1nnnn1C1CC1C. The van der Waals surface area contributed by atoms with Crippen LogP contribution in [0.1, 0.15) is 39.1 Å². The standard InChI is InChI=1S/C10H19N5/c1-7(2)5-11-6-10-12-13-14-15(10)9-4-8(9)3/h7-9,11H,4-6H2,1-3H3. The van der Waals surface area contributed by atoms with E-state index in [0.29, 0.717) is 12.0 Å². The van der Waals surface area contributed by atoms with Crippen LogP contribution in [0.15, 0.2) is 0 Å². The molecule has 0 spiro atoms. The maximum absolute atomic E-state index is 4.05. The smallest absolute Gasteiger partial charge is 0.165 e. The van der Waals surface area contributed by atoms with Gasteiger partial charge in [-0.25, -0.2) is 4.68 Å². The van der Waals surface area contributed by atoms with E-state index in [2.05, 4.69) is 41.6 Å². The molecule has 1 aliphatic carbocycles. The summed E-state index contributed by atoms with van der Waals surface area (Å²) >= 11 is 0. The van der Waals surface area contributed by atoms with Crippen LogP contribution < -0.4 is 5.32 Å². The normalized spacial score (nSPS) is 24.8. The van der Waals surface area contributed by atoms with Crippen LogP contribution in [0.25, 0.3) is 0 Å². The highest BCUT2D eigenvalue weighted by atomic mass is 15.6. The Kier molecular flexibility index (Phi) is 3.00. The highest BCUT2D eigenvalue weighted by Crippen LogP contribution is 2.42. The Labute approximate surface area is 90.2 Å². The van der Waals surface area contributed by atoms with Gasteiger partial charge in [-0.1, -0.05) is 20.8 Å². The van der Waals surface area contributed by atoms with E-state index in [4.69, 9.17) is 0 Å². The highest BCUT2D eigenvalue weighted by Gasteiger charge is 2.37. The molecule has 0 amide bonds. The summed E-state index contributed by atoms with van der Waals surface area (Å²) in [5.74, 6) is 2.36. The molecule has 2 atom stereocenters. The first kappa shape index (κ1) is 10.5. The van der Waals surface area contributed by atoms with Crippen molar-refractivity contribution in [1.82, 2.24) is 25.5 Å². The fraction of sp³-hybridized carbons (Fsp3) is 0.900. The van der Waals surface area contributed by atoms with Gasteiger partial charge in [-0.05, 0) is 35.2 Å². The van der Waals surface area contributed by atoms with E-state index < -0.39 is 0 Å². The Morgan fingerprint density at radius 1 is 1.53 bits per heavy atom. The van der Waals surface area contributed by atoms with Crippen molar-refractivity contribution in [3.05, 3.63) is 5.82 Å². The molecule has 0 saturated heterocycles. The first-order valence-corrected chi connectivity index (χ1v) is 5.66. The monoisotopic (exact) mass is 209 g/mol. The van der Waals surface area contributed by atoms with Crippen molar-refractivity contribution >= 4 is 0 Å². The quantitative estimate of drug-likeness (QED) is 0.786. The molecule has 1 N–H and O–H groups in total. The summed E-state index contributed by atoms with van der Waals surface area (Å²) in [6.45, 7) is 8.40. The van der Waals surface area contributed by atoms with Gasteiger partial charge >= 0.3 is 0 Å². The molecule has 5 heteroatoms. The van der Waals surface area contributed by atoms with Crippen molar-refractivity contribution in [2.75, 3.05) is 6.54 Å². The van der Waals surface area contributed by atoms with Crippen molar-refractivity contribution in [3.8, 4) is 0 Å². The van der Waals surface area contributed by atoms with Crippen molar-refractivity contribution < 1.29 is 0 Å². The minimum absolute atomic E-state index is 0.538. The molecular weight excluding hydrogens is 190 g/mol. The van der Waals surface area contributed by atoms with Crippen LogP contribution >= 0.6 is 0 Å². The molecule has 0 aromatic carbocycles. The van der Waals surface area contributed by atoms with E-state index in [0.717, 1.165) is 24.8 Å². The summed E-state index contributed by atoms with van der Waals surface area (Å²) in [4.78, 5) is 0. The molecule has 0 aliphatic heterocycles. The van der Waals surface area contributed by atoms with Crippen LogP contribution in [0.2, 0.25) is 0 Å². The second kappa shape index (κ2) is 4.26. The van der Waals surface area contributed by atoms with Crippen LogP contribution in [0.3, 0.4) is 0 Å². The third-order valence-electron chi connectivity index (χ3n) is 2.78. The zero-order valence-electron chi connectivity index (χ0n) is 9.64. The van der Waals surface area contributed by atoms with Gasteiger partial charge in [0.1, 0.15) is 0 Å². The van der Waals surface area contributed by atoms with Gasteiger partial charge in [-0.3, -0.25) is 0 Å². The summed E-state index contributed by atoms with van der Waals surface area (Å²) in [6, 6.07) is 0.538. The Balaban J connectivity index is 1.88. The summed E-state index contributed by atoms with van der Waals surface area (Å²) < 4.78 is 1.97. The van der Waals surface area contributed by atoms with Crippen LogP contribution in [0.4, 0.5) is 0 Å². The van der Waals surface area contributed by atoms with Gasteiger partial charge < -0.3 is 5.32 Å². The third kappa shape index (κ3) is 2.53. The van der Waals surface area contributed by atoms with Crippen molar-refractivity contribution in [2.45, 2.75) is 39.8 Å². The molecule has 0 bridgehead atoms. The van der Waals surface area contributed by atoms with Gasteiger partial charge in [0.05, 0.1) is 12.6 Å². The van der Waals surface area contributed by atoms with Crippen LogP contribution in [-0.2, 0) is 6.54 Å². The zero-order chi connectivity index (χ0) is 10.8. The molecule has 84 valence electrons. The Morgan fingerprint density at radius 2 is 2.27 bits per heavy atom. The van der Waals surface area contributed by atoms with E-state index in [-0.39, 0.29) is 0 Å². The van der Waals surface area contributed by atoms with Gasteiger partial charge in [0.2, 0.25) is 0 Å². The van der Waals surface area contributed by atoms with Gasteiger partial charge in [0.15, 0.2) is 5.82 Å². The molecule has 2 rings (SSSR count). The lowest BCUT2D eigenvalue weighted by molar-refractivity contribution is 0.505. The fourth-order valence-electron chi connectivity index (χ4n) is 1.70. The lowest BCUT2D eigenvalue weighted by Crippen LogP contribution is -2.21. The topological polar surface area (TPSA) is 55.6 Å². The van der Waals surface area contributed by atoms with Gasteiger partial charge in [0, 0.05) is 0 Å². The predicted molar refractivity (Wildman–Crippen MR) is 57.2 cm³/mol. The molecule has 1 aromatic heterocycles. The summed E-state index contributed by atoms with van der Waals surface area (Å²) in [6.07, 6.45) is 1.21. The number of nitrogens with one attached hydrogen (secondary N) is 1. The maximum atomic E-state index is 4.05. The van der Waals surface area contributed by atoms with Crippen LogP contribution in [0, 0.1) is 11.8 Å². The minimum atomic E-state index is 0.538. The van der Waals surface area contributed by atoms with Crippen molar-refractivity contribution in [2.24, 2.45) is 11.8 Å². The summed E-state index contributed by atoms with van der Waals surface area (Å²) in [5.41, 5.74) is 0. The van der Waals surface area contributed by atoms with Gasteiger partial charge in [0.25, 0.3) is 0 Å². The highest BCUT2D eigenvalue weighted by molar-refractivity contribution is 4.94. The van der Waals surface area contributed by atoms with Crippen molar-refractivity contribution in [3.63, 3.8) is 0 Å².